The molecule has 0 radical (unpaired) electrons. The summed E-state index contributed by atoms with van der Waals surface area (Å²) in [6.45, 7) is 5.97. The van der Waals surface area contributed by atoms with E-state index < -0.39 is 18.0 Å². The molecule has 0 bridgehead atoms. The highest BCUT2D eigenvalue weighted by molar-refractivity contribution is 9.10. The number of hydrogen-bond donors (Lipinski definition) is 2. The van der Waals surface area contributed by atoms with E-state index in [-0.39, 0.29) is 36.4 Å². The number of hydrogen-bond acceptors (Lipinski definition) is 12. The zero-order chi connectivity index (χ0) is 28.2. The van der Waals surface area contributed by atoms with Crippen molar-refractivity contribution in [3.05, 3.63) is 44.6 Å². The molecule has 0 atom stereocenters. The number of nitrogens with two attached hydrogens (primary N) is 1. The fourth-order valence-electron chi connectivity index (χ4n) is 2.65. The Hall–Kier alpha value is -3.24. The van der Waals surface area contributed by atoms with Gasteiger partial charge in [-0.2, -0.15) is 4.98 Å². The standard InChI is InChI=1S/C13H16BrN3O4S.C9H9BrN4O2/c1-4-20-11(18)9-6-8(14)7-10(15-9)16-12(22-3)17-13(19)21-5-2;1-2-16-8(15)6-3-5(10)4-7-12-9(11)13-14(6)7/h6-7H,4-5H2,1-3H3,(H,15,16,17,19);3-4H,2H2,1H3,(H2,11,13). The maximum absolute atomic E-state index is 11.7. The van der Waals surface area contributed by atoms with Crippen LogP contribution in [-0.4, -0.2) is 68.9 Å². The van der Waals surface area contributed by atoms with E-state index in [1.54, 1.807) is 45.2 Å². The molecule has 0 aliphatic carbocycles. The number of halogens is 2. The Morgan fingerprint density at radius 2 is 1.61 bits per heavy atom. The highest BCUT2D eigenvalue weighted by Crippen LogP contribution is 2.20. The second kappa shape index (κ2) is 15.2. The maximum Gasteiger partial charge on any atom is 0.413 e. The van der Waals surface area contributed by atoms with Crippen LogP contribution >= 0.6 is 43.6 Å². The number of rotatable bonds is 6. The Morgan fingerprint density at radius 3 is 2.24 bits per heavy atom. The highest BCUT2D eigenvalue weighted by Gasteiger charge is 2.15. The first-order chi connectivity index (χ1) is 18.1. The van der Waals surface area contributed by atoms with Gasteiger partial charge in [0.05, 0.1) is 19.8 Å². The number of carbonyl (C=O) groups excluding carboxylic acids is 3. The van der Waals surface area contributed by atoms with E-state index in [0.29, 0.717) is 21.9 Å². The van der Waals surface area contributed by atoms with Gasteiger partial charge in [0.25, 0.3) is 0 Å². The lowest BCUT2D eigenvalue weighted by Crippen LogP contribution is -2.28. The van der Waals surface area contributed by atoms with Crippen LogP contribution in [0.4, 0.5) is 16.6 Å². The topological polar surface area (TPSA) is 172 Å². The summed E-state index contributed by atoms with van der Waals surface area (Å²) in [6, 6.07) is 6.48. The Labute approximate surface area is 239 Å². The SMILES string of the molecule is CCOC(=O)NC(=Nc1cc(Br)cc(C(=O)OCC)n1)SC.CCOC(=O)c1cc(Br)cc2nc(N)nn12. The lowest BCUT2D eigenvalue weighted by atomic mass is 10.3. The molecule has 3 rings (SSSR count). The first kappa shape index (κ1) is 31.0. The molecule has 0 saturated heterocycles. The number of pyridine rings is 2. The third-order valence-electron chi connectivity index (χ3n) is 4.06. The number of ether oxygens (including phenoxy) is 3. The number of nitrogen functional groups attached to an aromatic ring is 1. The van der Waals surface area contributed by atoms with Gasteiger partial charge in [0, 0.05) is 8.95 Å². The lowest BCUT2D eigenvalue weighted by molar-refractivity contribution is 0.0508. The number of alkyl carbamates (subject to hydrolysis) is 1. The van der Waals surface area contributed by atoms with Crippen LogP contribution in [0, 0.1) is 0 Å². The largest absolute Gasteiger partial charge is 0.461 e. The van der Waals surface area contributed by atoms with Crippen molar-refractivity contribution in [1.82, 2.24) is 24.9 Å². The van der Waals surface area contributed by atoms with Gasteiger partial charge in [-0.25, -0.2) is 28.9 Å². The minimum atomic E-state index is -0.601. The second-order valence-corrected chi connectivity index (χ2v) is 9.36. The van der Waals surface area contributed by atoms with Gasteiger partial charge >= 0.3 is 18.0 Å². The van der Waals surface area contributed by atoms with Gasteiger partial charge in [-0.05, 0) is 51.3 Å². The molecule has 0 unspecified atom stereocenters. The van der Waals surface area contributed by atoms with E-state index >= 15 is 0 Å². The zero-order valence-corrected chi connectivity index (χ0v) is 24.8. The number of carbonyl (C=O) groups is 3. The number of thioether (sulfide) groups is 1. The van der Waals surface area contributed by atoms with E-state index in [1.807, 2.05) is 0 Å². The van der Waals surface area contributed by atoms with Gasteiger partial charge in [-0.1, -0.05) is 43.6 Å². The Morgan fingerprint density at radius 1 is 0.974 bits per heavy atom. The number of nitrogens with one attached hydrogen (secondary N) is 1. The van der Waals surface area contributed by atoms with Crippen LogP contribution in [0.25, 0.3) is 5.65 Å². The summed E-state index contributed by atoms with van der Waals surface area (Å²) in [7, 11) is 0. The fourth-order valence-corrected chi connectivity index (χ4v) is 3.87. The second-order valence-electron chi connectivity index (χ2n) is 6.74. The number of aliphatic imine (C=N–C) groups is 1. The van der Waals surface area contributed by atoms with E-state index in [4.69, 9.17) is 19.9 Å². The Balaban J connectivity index is 0.000000279. The quantitative estimate of drug-likeness (QED) is 0.165. The molecule has 0 aliphatic heterocycles. The molecule has 3 aromatic rings. The number of amides is 1. The predicted molar refractivity (Wildman–Crippen MR) is 150 cm³/mol. The van der Waals surface area contributed by atoms with Gasteiger partial charge in [-0.3, -0.25) is 5.32 Å². The van der Waals surface area contributed by atoms with Crippen LogP contribution < -0.4 is 11.1 Å². The van der Waals surface area contributed by atoms with E-state index in [0.717, 1.165) is 4.47 Å². The van der Waals surface area contributed by atoms with Crippen LogP contribution in [0.15, 0.2) is 38.2 Å². The first-order valence-corrected chi connectivity index (χ1v) is 13.8. The molecule has 38 heavy (non-hydrogen) atoms. The maximum atomic E-state index is 11.7. The first-order valence-electron chi connectivity index (χ1n) is 11.0. The van der Waals surface area contributed by atoms with Crippen LogP contribution in [0.2, 0.25) is 0 Å². The lowest BCUT2D eigenvalue weighted by Gasteiger charge is -2.07. The van der Waals surface area contributed by atoms with Crippen molar-refractivity contribution in [2.24, 2.45) is 4.99 Å². The van der Waals surface area contributed by atoms with Gasteiger partial charge in [0.2, 0.25) is 5.95 Å². The molecule has 16 heteroatoms. The van der Waals surface area contributed by atoms with Crippen LogP contribution in [-0.2, 0) is 14.2 Å². The van der Waals surface area contributed by atoms with E-state index in [9.17, 15) is 14.4 Å². The number of fused-ring (bicyclic) bond motifs is 1. The molecule has 3 heterocycles. The average molecular weight is 675 g/mol. The molecule has 0 spiro atoms. The third kappa shape index (κ3) is 9.25. The summed E-state index contributed by atoms with van der Waals surface area (Å²) in [5.41, 5.74) is 6.39. The number of nitrogens with zero attached hydrogens (tertiary/aromatic N) is 5. The summed E-state index contributed by atoms with van der Waals surface area (Å²) in [6.07, 6.45) is 1.14. The van der Waals surface area contributed by atoms with Gasteiger partial charge in [0.15, 0.2) is 28.0 Å². The summed E-state index contributed by atoms with van der Waals surface area (Å²) in [4.78, 5) is 47.0. The van der Waals surface area contributed by atoms with E-state index in [2.05, 4.69) is 57.2 Å². The number of esters is 2. The monoisotopic (exact) mass is 673 g/mol. The number of anilines is 1. The summed E-state index contributed by atoms with van der Waals surface area (Å²) in [5.74, 6) is -0.620. The van der Waals surface area contributed by atoms with Crippen LogP contribution in [0.1, 0.15) is 41.7 Å². The number of aromatic nitrogens is 4. The molecule has 0 aromatic carbocycles. The molecule has 0 aliphatic rings. The summed E-state index contributed by atoms with van der Waals surface area (Å²) < 4.78 is 17.3. The van der Waals surface area contributed by atoms with Crippen molar-refractivity contribution in [2.45, 2.75) is 20.8 Å². The number of amidine groups is 1. The molecule has 204 valence electrons. The van der Waals surface area contributed by atoms with Crippen molar-refractivity contribution < 1.29 is 28.6 Å². The summed E-state index contributed by atoms with van der Waals surface area (Å²) in [5, 5.41) is 6.71. The minimum absolute atomic E-state index is 0.114. The van der Waals surface area contributed by atoms with Crippen molar-refractivity contribution in [1.29, 1.82) is 0 Å². The average Bonchev–Trinajstić information content (AvgIpc) is 3.23. The normalized spacial score (nSPS) is 10.8. The molecule has 3 aromatic heterocycles. The van der Waals surface area contributed by atoms with Crippen molar-refractivity contribution in [3.8, 4) is 0 Å². The fraction of sp³-hybridized carbons (Fsp3) is 0.318. The molecule has 1 amide bonds. The molecular weight excluding hydrogens is 650 g/mol. The predicted octanol–water partition coefficient (Wildman–Crippen LogP) is 4.37. The third-order valence-corrected chi connectivity index (χ3v) is 5.55. The molecule has 13 nitrogen and oxygen atoms in total. The Kier molecular flexibility index (Phi) is 12.4. The van der Waals surface area contributed by atoms with E-state index in [1.165, 1.54) is 22.3 Å². The highest BCUT2D eigenvalue weighted by atomic mass is 79.9. The van der Waals surface area contributed by atoms with Crippen LogP contribution in [0.5, 0.6) is 0 Å². The van der Waals surface area contributed by atoms with Gasteiger partial charge in [0.1, 0.15) is 0 Å². The Bertz CT molecular complexity index is 1340. The minimum Gasteiger partial charge on any atom is -0.461 e. The molecule has 0 saturated carbocycles. The zero-order valence-electron chi connectivity index (χ0n) is 20.9. The van der Waals surface area contributed by atoms with Crippen molar-refractivity contribution in [3.63, 3.8) is 0 Å². The van der Waals surface area contributed by atoms with Crippen molar-refractivity contribution in [2.75, 3.05) is 31.8 Å². The van der Waals surface area contributed by atoms with Crippen molar-refractivity contribution >= 4 is 84.2 Å². The smallest absolute Gasteiger partial charge is 0.413 e. The summed E-state index contributed by atoms with van der Waals surface area (Å²) >= 11 is 7.78. The van der Waals surface area contributed by atoms with Crippen LogP contribution in [0.3, 0.4) is 0 Å². The van der Waals surface area contributed by atoms with Gasteiger partial charge < -0.3 is 19.9 Å². The molecule has 0 fully saturated rings. The molecule has 3 N–H and O–H groups in total. The molecular formula is C22H25Br2N7O6S. The van der Waals surface area contributed by atoms with Gasteiger partial charge in [-0.15, -0.1) is 5.10 Å².